The van der Waals surface area contributed by atoms with Crippen molar-refractivity contribution in [3.8, 4) is 5.75 Å². The SMILES string of the molecule is NCc1ccc(Cl)cc1OCC(=O)NCC(F)(F)F. The van der Waals surface area contributed by atoms with E-state index in [1.165, 1.54) is 6.07 Å². The lowest BCUT2D eigenvalue weighted by Crippen LogP contribution is -2.36. The Labute approximate surface area is 112 Å². The van der Waals surface area contributed by atoms with E-state index in [4.69, 9.17) is 22.1 Å². The summed E-state index contributed by atoms with van der Waals surface area (Å²) in [5.41, 5.74) is 6.06. The number of hydrogen-bond acceptors (Lipinski definition) is 3. The van der Waals surface area contributed by atoms with Crippen molar-refractivity contribution in [2.45, 2.75) is 12.7 Å². The number of carbonyl (C=O) groups excluding carboxylic acids is 1. The fourth-order valence-electron chi connectivity index (χ4n) is 1.22. The molecule has 0 aromatic heterocycles. The fraction of sp³-hybridized carbons (Fsp3) is 0.364. The van der Waals surface area contributed by atoms with Gasteiger partial charge in [0.25, 0.3) is 5.91 Å². The van der Waals surface area contributed by atoms with Crippen LogP contribution in [0.5, 0.6) is 5.75 Å². The molecule has 106 valence electrons. The molecular weight excluding hydrogens is 285 g/mol. The van der Waals surface area contributed by atoms with Crippen molar-refractivity contribution in [2.24, 2.45) is 5.73 Å². The molecule has 8 heteroatoms. The maximum atomic E-state index is 11.9. The molecule has 0 aliphatic carbocycles. The highest BCUT2D eigenvalue weighted by molar-refractivity contribution is 6.30. The van der Waals surface area contributed by atoms with Crippen molar-refractivity contribution < 1.29 is 22.7 Å². The molecule has 1 aromatic rings. The lowest BCUT2D eigenvalue weighted by atomic mass is 10.2. The molecular formula is C11H12ClF3N2O2. The normalized spacial score (nSPS) is 11.2. The summed E-state index contributed by atoms with van der Waals surface area (Å²) in [7, 11) is 0. The summed E-state index contributed by atoms with van der Waals surface area (Å²) in [4.78, 5) is 11.1. The predicted octanol–water partition coefficient (Wildman–Crippen LogP) is 1.86. The molecule has 1 rings (SSSR count). The molecule has 0 unspecified atom stereocenters. The third-order valence-electron chi connectivity index (χ3n) is 2.09. The summed E-state index contributed by atoms with van der Waals surface area (Å²) < 4.78 is 40.7. The van der Waals surface area contributed by atoms with Gasteiger partial charge in [0, 0.05) is 17.1 Å². The average Bonchev–Trinajstić information content (AvgIpc) is 2.33. The van der Waals surface area contributed by atoms with Gasteiger partial charge in [0.15, 0.2) is 6.61 Å². The van der Waals surface area contributed by atoms with Crippen LogP contribution in [0.15, 0.2) is 18.2 Å². The Bertz CT molecular complexity index is 452. The molecule has 0 aliphatic rings. The summed E-state index contributed by atoms with van der Waals surface area (Å²) in [5.74, 6) is -0.600. The van der Waals surface area contributed by atoms with Gasteiger partial charge >= 0.3 is 6.18 Å². The molecule has 19 heavy (non-hydrogen) atoms. The van der Waals surface area contributed by atoms with Crippen molar-refractivity contribution >= 4 is 17.5 Å². The van der Waals surface area contributed by atoms with Gasteiger partial charge in [0.2, 0.25) is 0 Å². The van der Waals surface area contributed by atoms with E-state index in [1.807, 2.05) is 0 Å². The smallest absolute Gasteiger partial charge is 0.405 e. The van der Waals surface area contributed by atoms with Crippen LogP contribution in [0.25, 0.3) is 0 Å². The first-order valence-corrected chi connectivity index (χ1v) is 5.64. The highest BCUT2D eigenvalue weighted by Crippen LogP contribution is 2.23. The molecule has 4 nitrogen and oxygen atoms in total. The highest BCUT2D eigenvalue weighted by Gasteiger charge is 2.27. The Hall–Kier alpha value is -1.47. The Morgan fingerprint density at radius 3 is 2.68 bits per heavy atom. The van der Waals surface area contributed by atoms with Gasteiger partial charge in [-0.25, -0.2) is 0 Å². The van der Waals surface area contributed by atoms with E-state index in [-0.39, 0.29) is 12.3 Å². The number of carbonyl (C=O) groups is 1. The Morgan fingerprint density at radius 1 is 1.42 bits per heavy atom. The van der Waals surface area contributed by atoms with Crippen LogP contribution in [0.1, 0.15) is 5.56 Å². The summed E-state index contributed by atoms with van der Waals surface area (Å²) in [5, 5.41) is 2.07. The molecule has 3 N–H and O–H groups in total. The molecule has 0 radical (unpaired) electrons. The third kappa shape index (κ3) is 5.80. The van der Waals surface area contributed by atoms with Crippen molar-refractivity contribution in [1.82, 2.24) is 5.32 Å². The number of ether oxygens (including phenoxy) is 1. The van der Waals surface area contributed by atoms with Crippen LogP contribution >= 0.6 is 11.6 Å². The Balaban J connectivity index is 2.52. The minimum absolute atomic E-state index is 0.163. The van der Waals surface area contributed by atoms with E-state index in [2.05, 4.69) is 0 Å². The second-order valence-electron chi connectivity index (χ2n) is 3.64. The number of hydrogen-bond donors (Lipinski definition) is 2. The monoisotopic (exact) mass is 296 g/mol. The van der Waals surface area contributed by atoms with Gasteiger partial charge in [-0.3, -0.25) is 4.79 Å². The lowest BCUT2D eigenvalue weighted by Gasteiger charge is -2.12. The zero-order valence-corrected chi connectivity index (χ0v) is 10.5. The van der Waals surface area contributed by atoms with E-state index in [1.54, 1.807) is 17.4 Å². The number of amides is 1. The van der Waals surface area contributed by atoms with Crippen LogP contribution in [0, 0.1) is 0 Å². The number of benzene rings is 1. The number of rotatable bonds is 5. The van der Waals surface area contributed by atoms with Crippen molar-refractivity contribution in [2.75, 3.05) is 13.2 Å². The van der Waals surface area contributed by atoms with E-state index in [0.29, 0.717) is 10.6 Å². The quantitative estimate of drug-likeness (QED) is 0.871. The molecule has 0 fully saturated rings. The number of nitrogens with one attached hydrogen (secondary N) is 1. The molecule has 0 atom stereocenters. The summed E-state index contributed by atoms with van der Waals surface area (Å²) in [6.07, 6.45) is -4.45. The topological polar surface area (TPSA) is 64.3 Å². The molecule has 0 bridgehead atoms. The van der Waals surface area contributed by atoms with Gasteiger partial charge in [0.1, 0.15) is 12.3 Å². The number of nitrogens with two attached hydrogens (primary N) is 1. The first-order valence-electron chi connectivity index (χ1n) is 5.26. The van der Waals surface area contributed by atoms with Crippen LogP contribution in [0.4, 0.5) is 13.2 Å². The van der Waals surface area contributed by atoms with Gasteiger partial charge in [-0.2, -0.15) is 13.2 Å². The Kier molecular flexibility index (Phi) is 5.44. The molecule has 1 amide bonds. The second-order valence-corrected chi connectivity index (χ2v) is 4.07. The van der Waals surface area contributed by atoms with Gasteiger partial charge in [-0.1, -0.05) is 17.7 Å². The summed E-state index contributed by atoms with van der Waals surface area (Å²) in [6.45, 7) is -1.77. The second kappa shape index (κ2) is 6.63. The number of alkyl halides is 3. The maximum absolute atomic E-state index is 11.9. The lowest BCUT2D eigenvalue weighted by molar-refractivity contribution is -0.139. The average molecular weight is 297 g/mol. The minimum atomic E-state index is -4.45. The van der Waals surface area contributed by atoms with Gasteiger partial charge in [-0.05, 0) is 12.1 Å². The molecule has 0 heterocycles. The maximum Gasteiger partial charge on any atom is 0.405 e. The molecule has 0 spiro atoms. The van der Waals surface area contributed by atoms with E-state index < -0.39 is 25.2 Å². The van der Waals surface area contributed by atoms with Crippen molar-refractivity contribution in [3.63, 3.8) is 0 Å². The van der Waals surface area contributed by atoms with Gasteiger partial charge in [-0.15, -0.1) is 0 Å². The zero-order chi connectivity index (χ0) is 14.5. The molecule has 0 saturated heterocycles. The van der Waals surface area contributed by atoms with Crippen molar-refractivity contribution in [3.05, 3.63) is 28.8 Å². The third-order valence-corrected chi connectivity index (χ3v) is 2.33. The Morgan fingerprint density at radius 2 is 2.11 bits per heavy atom. The summed E-state index contributed by atoms with van der Waals surface area (Å²) >= 11 is 5.74. The van der Waals surface area contributed by atoms with Crippen molar-refractivity contribution in [1.29, 1.82) is 0 Å². The number of halogens is 4. The minimum Gasteiger partial charge on any atom is -0.483 e. The molecule has 1 aromatic carbocycles. The van der Waals surface area contributed by atoms with Crippen LogP contribution in [-0.4, -0.2) is 25.2 Å². The standard InChI is InChI=1S/C11H12ClF3N2O2/c12-8-2-1-7(4-16)9(3-8)19-5-10(18)17-6-11(13,14)15/h1-3H,4-6,16H2,(H,17,18). The highest BCUT2D eigenvalue weighted by atomic mass is 35.5. The largest absolute Gasteiger partial charge is 0.483 e. The fourth-order valence-corrected chi connectivity index (χ4v) is 1.39. The summed E-state index contributed by atoms with van der Waals surface area (Å²) in [6, 6.07) is 4.66. The predicted molar refractivity (Wildman–Crippen MR) is 63.9 cm³/mol. The van der Waals surface area contributed by atoms with Crippen LogP contribution in [-0.2, 0) is 11.3 Å². The van der Waals surface area contributed by atoms with Crippen LogP contribution in [0.2, 0.25) is 5.02 Å². The first kappa shape index (κ1) is 15.6. The molecule has 0 aliphatic heterocycles. The van der Waals surface area contributed by atoms with Crippen LogP contribution in [0.3, 0.4) is 0 Å². The van der Waals surface area contributed by atoms with Gasteiger partial charge < -0.3 is 15.8 Å². The molecule has 0 saturated carbocycles. The van der Waals surface area contributed by atoms with E-state index in [0.717, 1.165) is 0 Å². The van der Waals surface area contributed by atoms with E-state index in [9.17, 15) is 18.0 Å². The van der Waals surface area contributed by atoms with Gasteiger partial charge in [0.05, 0.1) is 0 Å². The first-order chi connectivity index (χ1) is 8.81. The van der Waals surface area contributed by atoms with E-state index >= 15 is 0 Å². The zero-order valence-electron chi connectivity index (χ0n) is 9.76. The van der Waals surface area contributed by atoms with Crippen LogP contribution < -0.4 is 15.8 Å².